The molecule has 0 spiro atoms. The molecule has 0 amide bonds. The summed E-state index contributed by atoms with van der Waals surface area (Å²) in [6, 6.07) is 0. The number of hydrogen-bond donors (Lipinski definition) is 0. The minimum atomic E-state index is -0.439. The molecule has 5 nitrogen and oxygen atoms in total. The molecule has 5 heteroatoms. The van der Waals surface area contributed by atoms with Crippen molar-refractivity contribution < 1.29 is 23.8 Å². The number of esters is 2. The topological polar surface area (TPSA) is 61.8 Å². The van der Waals surface area contributed by atoms with Crippen molar-refractivity contribution in [3.63, 3.8) is 0 Å². The molecule has 0 saturated carbocycles. The van der Waals surface area contributed by atoms with E-state index < -0.39 is 11.9 Å². The van der Waals surface area contributed by atoms with Crippen molar-refractivity contribution in [2.45, 2.75) is 72.1 Å². The van der Waals surface area contributed by atoms with Gasteiger partial charge >= 0.3 is 11.9 Å². The molecule has 0 atom stereocenters. The van der Waals surface area contributed by atoms with E-state index in [0.29, 0.717) is 19.1 Å². The van der Waals surface area contributed by atoms with Crippen LogP contribution in [-0.4, -0.2) is 38.4 Å². The molecule has 0 N–H and O–H groups in total. The minimum absolute atomic E-state index is 0.199. The average molecular weight is 330 g/mol. The summed E-state index contributed by atoms with van der Waals surface area (Å²) in [4.78, 5) is 22.7. The number of unbranched alkanes of at least 4 members (excludes halogenated alkanes) is 6. The van der Waals surface area contributed by atoms with Crippen molar-refractivity contribution in [1.29, 1.82) is 0 Å². The highest BCUT2D eigenvalue weighted by Crippen LogP contribution is 2.06. The van der Waals surface area contributed by atoms with Gasteiger partial charge in [-0.15, -0.1) is 0 Å². The number of rotatable bonds is 15. The third-order valence-electron chi connectivity index (χ3n) is 3.41. The molecule has 0 unspecified atom stereocenters. The Morgan fingerprint density at radius 2 is 1.30 bits per heavy atom. The van der Waals surface area contributed by atoms with Gasteiger partial charge in [0.1, 0.15) is 13.2 Å². The third-order valence-corrected chi connectivity index (χ3v) is 3.41. The summed E-state index contributed by atoms with van der Waals surface area (Å²) >= 11 is 0. The molecular weight excluding hydrogens is 296 g/mol. The molecule has 0 fully saturated rings. The summed E-state index contributed by atoms with van der Waals surface area (Å²) in [5, 5.41) is 0. The van der Waals surface area contributed by atoms with Gasteiger partial charge in [0, 0.05) is 0 Å². The first-order chi connectivity index (χ1) is 11.1. The van der Waals surface area contributed by atoms with Gasteiger partial charge in [0.05, 0.1) is 13.2 Å². The van der Waals surface area contributed by atoms with E-state index in [1.54, 1.807) is 0 Å². The van der Waals surface area contributed by atoms with Gasteiger partial charge in [0.15, 0.2) is 0 Å². The molecule has 0 heterocycles. The van der Waals surface area contributed by atoms with Crippen molar-refractivity contribution in [3.05, 3.63) is 0 Å². The highest BCUT2D eigenvalue weighted by atomic mass is 16.6. The Balaban J connectivity index is 3.35. The van der Waals surface area contributed by atoms with Crippen LogP contribution in [0.2, 0.25) is 0 Å². The molecule has 0 rings (SSSR count). The first-order valence-corrected chi connectivity index (χ1v) is 8.95. The lowest BCUT2D eigenvalue weighted by molar-refractivity contribution is -0.155. The Morgan fingerprint density at radius 1 is 0.783 bits per heavy atom. The van der Waals surface area contributed by atoms with Crippen LogP contribution in [0.25, 0.3) is 0 Å². The lowest BCUT2D eigenvalue weighted by atomic mass is 10.1. The van der Waals surface area contributed by atoms with Gasteiger partial charge in [-0.1, -0.05) is 59.3 Å². The summed E-state index contributed by atoms with van der Waals surface area (Å²) in [5.74, 6) is -0.373. The standard InChI is InChI=1S/C18H34O5/c1-4-5-6-7-8-9-10-12-22-17(19)14-21-15-18(20)23-13-11-16(2)3/h16H,4-15H2,1-3H3. The summed E-state index contributed by atoms with van der Waals surface area (Å²) in [6.07, 6.45) is 9.08. The van der Waals surface area contributed by atoms with Crippen molar-refractivity contribution in [2.24, 2.45) is 5.92 Å². The molecule has 0 aliphatic rings. The molecule has 136 valence electrons. The van der Waals surface area contributed by atoms with E-state index in [4.69, 9.17) is 14.2 Å². The number of carbonyl (C=O) groups is 2. The molecule has 0 bridgehead atoms. The van der Waals surface area contributed by atoms with Gasteiger partial charge in [-0.3, -0.25) is 0 Å². The maximum absolute atomic E-state index is 11.4. The van der Waals surface area contributed by atoms with E-state index >= 15 is 0 Å². The van der Waals surface area contributed by atoms with Crippen LogP contribution in [-0.2, 0) is 23.8 Å². The predicted molar refractivity (Wildman–Crippen MR) is 90.2 cm³/mol. The SMILES string of the molecule is CCCCCCCCCOC(=O)COCC(=O)OCCC(C)C. The van der Waals surface area contributed by atoms with Crippen LogP contribution >= 0.6 is 0 Å². The highest BCUT2D eigenvalue weighted by Gasteiger charge is 2.07. The number of carbonyl (C=O) groups excluding carboxylic acids is 2. The van der Waals surface area contributed by atoms with Crippen molar-refractivity contribution in [3.8, 4) is 0 Å². The zero-order chi connectivity index (χ0) is 17.3. The van der Waals surface area contributed by atoms with Crippen molar-refractivity contribution >= 4 is 11.9 Å². The molecular formula is C18H34O5. The van der Waals surface area contributed by atoms with Gasteiger partial charge in [0.25, 0.3) is 0 Å². The summed E-state index contributed by atoms with van der Waals surface area (Å²) in [6.45, 7) is 6.74. The van der Waals surface area contributed by atoms with Crippen molar-refractivity contribution in [1.82, 2.24) is 0 Å². The first-order valence-electron chi connectivity index (χ1n) is 8.95. The third kappa shape index (κ3) is 17.1. The molecule has 0 radical (unpaired) electrons. The van der Waals surface area contributed by atoms with Gasteiger partial charge in [-0.25, -0.2) is 9.59 Å². The Labute approximate surface area is 141 Å². The largest absolute Gasteiger partial charge is 0.464 e. The Bertz CT molecular complexity index is 302. The maximum Gasteiger partial charge on any atom is 0.332 e. The normalized spacial score (nSPS) is 10.8. The fourth-order valence-electron chi connectivity index (χ4n) is 1.95. The Morgan fingerprint density at radius 3 is 1.87 bits per heavy atom. The molecule has 0 aliphatic heterocycles. The molecule has 0 aliphatic carbocycles. The lowest BCUT2D eigenvalue weighted by Crippen LogP contribution is -2.19. The number of hydrogen-bond acceptors (Lipinski definition) is 5. The first kappa shape index (κ1) is 21.9. The van der Waals surface area contributed by atoms with Gasteiger partial charge in [-0.05, 0) is 18.8 Å². The smallest absolute Gasteiger partial charge is 0.332 e. The van der Waals surface area contributed by atoms with Crippen LogP contribution in [0.5, 0.6) is 0 Å². The van der Waals surface area contributed by atoms with E-state index in [2.05, 4.69) is 20.8 Å². The van der Waals surface area contributed by atoms with Crippen LogP contribution in [0.3, 0.4) is 0 Å². The quantitative estimate of drug-likeness (QED) is 0.337. The molecule has 0 aromatic carbocycles. The maximum atomic E-state index is 11.4. The van der Waals surface area contributed by atoms with E-state index in [1.807, 2.05) is 0 Å². The van der Waals surface area contributed by atoms with E-state index in [-0.39, 0.29) is 13.2 Å². The summed E-state index contributed by atoms with van der Waals surface area (Å²) in [7, 11) is 0. The van der Waals surface area contributed by atoms with Crippen molar-refractivity contribution in [2.75, 3.05) is 26.4 Å². The molecule has 0 aromatic heterocycles. The Kier molecular flexibility index (Phi) is 15.0. The highest BCUT2D eigenvalue weighted by molar-refractivity contribution is 5.73. The van der Waals surface area contributed by atoms with E-state index in [9.17, 15) is 9.59 Å². The van der Waals surface area contributed by atoms with Gasteiger partial charge in [-0.2, -0.15) is 0 Å². The summed E-state index contributed by atoms with van der Waals surface area (Å²) in [5.41, 5.74) is 0. The average Bonchev–Trinajstić information content (AvgIpc) is 2.49. The fourth-order valence-corrected chi connectivity index (χ4v) is 1.95. The fraction of sp³-hybridized carbons (Fsp3) is 0.889. The van der Waals surface area contributed by atoms with Crippen LogP contribution in [0.15, 0.2) is 0 Å². The van der Waals surface area contributed by atoms with E-state index in [0.717, 1.165) is 19.3 Å². The van der Waals surface area contributed by atoms with Crippen LogP contribution in [0.1, 0.15) is 72.1 Å². The predicted octanol–water partition coefficient (Wildman–Crippen LogP) is 3.89. The van der Waals surface area contributed by atoms with Crippen LogP contribution in [0, 0.1) is 5.92 Å². The number of ether oxygens (including phenoxy) is 3. The molecule has 0 aromatic rings. The molecule has 0 saturated heterocycles. The summed E-state index contributed by atoms with van der Waals surface area (Å²) < 4.78 is 15.0. The monoisotopic (exact) mass is 330 g/mol. The second kappa shape index (κ2) is 15.8. The lowest BCUT2D eigenvalue weighted by Gasteiger charge is -2.07. The van der Waals surface area contributed by atoms with Crippen LogP contribution in [0.4, 0.5) is 0 Å². The minimum Gasteiger partial charge on any atom is -0.464 e. The van der Waals surface area contributed by atoms with Gasteiger partial charge < -0.3 is 14.2 Å². The second-order valence-electron chi connectivity index (χ2n) is 6.24. The van der Waals surface area contributed by atoms with E-state index in [1.165, 1.54) is 32.1 Å². The second-order valence-corrected chi connectivity index (χ2v) is 6.24. The molecule has 23 heavy (non-hydrogen) atoms. The Hall–Kier alpha value is -1.10. The zero-order valence-electron chi connectivity index (χ0n) is 15.1. The zero-order valence-corrected chi connectivity index (χ0v) is 15.1. The van der Waals surface area contributed by atoms with Gasteiger partial charge in [0.2, 0.25) is 0 Å². The van der Waals surface area contributed by atoms with Crippen LogP contribution < -0.4 is 0 Å².